The highest BCUT2D eigenvalue weighted by atomic mass is 32.2. The fraction of sp³-hybridized carbons (Fsp3) is 0.368. The number of rotatable bonds is 4. The monoisotopic (exact) mass is 346 g/mol. The summed E-state index contributed by atoms with van der Waals surface area (Å²) in [5.74, 6) is 1.23. The molecule has 0 radical (unpaired) electrons. The molecule has 0 aromatic heterocycles. The fourth-order valence-corrected chi connectivity index (χ4v) is 4.05. The molecule has 0 saturated heterocycles. The van der Waals surface area contributed by atoms with Crippen LogP contribution < -0.4 is 4.74 Å². The summed E-state index contributed by atoms with van der Waals surface area (Å²) >= 11 is 0. The molecule has 0 bridgehead atoms. The summed E-state index contributed by atoms with van der Waals surface area (Å²) in [7, 11) is -2.60. The van der Waals surface area contributed by atoms with Crippen molar-refractivity contribution in [2.24, 2.45) is 0 Å². The number of hydrogen-bond donors (Lipinski definition) is 0. The van der Waals surface area contributed by atoms with Crippen LogP contribution in [-0.2, 0) is 20.7 Å². The van der Waals surface area contributed by atoms with Crippen molar-refractivity contribution in [2.45, 2.75) is 44.1 Å². The minimum atomic E-state index is -3.78. The van der Waals surface area contributed by atoms with Gasteiger partial charge in [-0.1, -0.05) is 49.7 Å². The quantitative estimate of drug-likeness (QED) is 0.781. The second-order valence-corrected chi connectivity index (χ2v) is 8.14. The first-order chi connectivity index (χ1) is 11.3. The van der Waals surface area contributed by atoms with Crippen LogP contribution >= 0.6 is 0 Å². The average molecular weight is 346 g/mol. The maximum atomic E-state index is 12.3. The summed E-state index contributed by atoms with van der Waals surface area (Å²) < 4.78 is 35.4. The van der Waals surface area contributed by atoms with Crippen LogP contribution in [0, 0.1) is 6.92 Å². The van der Waals surface area contributed by atoms with E-state index in [9.17, 15) is 8.42 Å². The van der Waals surface area contributed by atoms with Crippen LogP contribution in [0.15, 0.2) is 41.3 Å². The molecule has 1 aliphatic rings. The molecule has 1 atom stereocenters. The molecule has 1 unspecified atom stereocenters. The van der Waals surface area contributed by atoms with Crippen molar-refractivity contribution in [1.82, 2.24) is 0 Å². The van der Waals surface area contributed by atoms with E-state index in [1.807, 2.05) is 25.1 Å². The Morgan fingerprint density at radius 2 is 1.96 bits per heavy atom. The van der Waals surface area contributed by atoms with Crippen LogP contribution in [-0.4, -0.2) is 15.5 Å². The van der Waals surface area contributed by atoms with Crippen molar-refractivity contribution in [3.63, 3.8) is 0 Å². The van der Waals surface area contributed by atoms with Gasteiger partial charge in [-0.25, -0.2) is 0 Å². The molecule has 0 amide bonds. The molecule has 0 aliphatic carbocycles. The van der Waals surface area contributed by atoms with Crippen LogP contribution in [0.2, 0.25) is 0 Å². The van der Waals surface area contributed by atoms with Crippen molar-refractivity contribution in [3.8, 4) is 5.75 Å². The van der Waals surface area contributed by atoms with E-state index in [-0.39, 0.29) is 11.0 Å². The van der Waals surface area contributed by atoms with Gasteiger partial charge in [-0.05, 0) is 30.0 Å². The maximum Gasteiger partial charge on any atom is 0.297 e. The molecule has 2 aromatic rings. The van der Waals surface area contributed by atoms with Crippen LogP contribution in [0.1, 0.15) is 48.1 Å². The Hall–Kier alpha value is -1.85. The van der Waals surface area contributed by atoms with Gasteiger partial charge in [0.15, 0.2) is 0 Å². The molecule has 1 aliphatic heterocycles. The van der Waals surface area contributed by atoms with Gasteiger partial charge >= 0.3 is 0 Å². The van der Waals surface area contributed by atoms with Crippen LogP contribution in [0.4, 0.5) is 0 Å². The van der Waals surface area contributed by atoms with E-state index in [4.69, 9.17) is 8.92 Å². The molecule has 128 valence electrons. The third-order valence-electron chi connectivity index (χ3n) is 4.42. The first-order valence-electron chi connectivity index (χ1n) is 8.03. The molecule has 24 heavy (non-hydrogen) atoms. The summed E-state index contributed by atoms with van der Waals surface area (Å²) in [6, 6.07) is 11.4. The van der Waals surface area contributed by atoms with Crippen LogP contribution in [0.3, 0.4) is 0 Å². The lowest BCUT2D eigenvalue weighted by molar-refractivity contribution is 0.232. The molecular formula is C19H22O4S. The third kappa shape index (κ3) is 2.94. The van der Waals surface area contributed by atoms with Gasteiger partial charge in [-0.15, -0.1) is 0 Å². The van der Waals surface area contributed by atoms with Gasteiger partial charge in [0.05, 0.1) is 7.11 Å². The zero-order chi connectivity index (χ0) is 17.5. The predicted octanol–water partition coefficient (Wildman–Crippen LogP) is 4.13. The second-order valence-electron chi connectivity index (χ2n) is 6.46. The van der Waals surface area contributed by atoms with Gasteiger partial charge in [0.25, 0.3) is 10.1 Å². The normalized spacial score (nSPS) is 17.0. The van der Waals surface area contributed by atoms with Crippen LogP contribution in [0.5, 0.6) is 5.75 Å². The Kier molecular flexibility index (Phi) is 4.40. The maximum absolute atomic E-state index is 12.3. The number of para-hydroxylation sites is 1. The first-order valence-corrected chi connectivity index (χ1v) is 9.44. The van der Waals surface area contributed by atoms with Crippen LogP contribution in [0.25, 0.3) is 0 Å². The molecule has 4 nitrogen and oxygen atoms in total. The van der Waals surface area contributed by atoms with Gasteiger partial charge in [0, 0.05) is 12.0 Å². The van der Waals surface area contributed by atoms with Crippen molar-refractivity contribution in [1.29, 1.82) is 0 Å². The summed E-state index contributed by atoms with van der Waals surface area (Å²) in [5.41, 5.74) is 3.92. The number of benzene rings is 2. The largest absolute Gasteiger partial charge is 0.485 e. The summed E-state index contributed by atoms with van der Waals surface area (Å²) in [4.78, 5) is 0.180. The standard InChI is InChI=1S/C19H22O4S/c1-12(2)15-7-5-6-14-11-17(23-19(14)15)16-10-13(3)8-9-18(16)24(20,21)22-4/h5-10,12,17H,11H2,1-4H3. The number of hydrogen-bond acceptors (Lipinski definition) is 4. The molecule has 0 N–H and O–H groups in total. The topological polar surface area (TPSA) is 52.6 Å². The number of aryl methyl sites for hydroxylation is 1. The Bertz CT molecular complexity index is 869. The smallest absolute Gasteiger partial charge is 0.297 e. The predicted molar refractivity (Wildman–Crippen MR) is 93.0 cm³/mol. The van der Waals surface area contributed by atoms with Crippen molar-refractivity contribution in [3.05, 3.63) is 58.7 Å². The lowest BCUT2D eigenvalue weighted by Crippen LogP contribution is -2.12. The first kappa shape index (κ1) is 17.0. The zero-order valence-corrected chi connectivity index (χ0v) is 15.2. The van der Waals surface area contributed by atoms with E-state index >= 15 is 0 Å². The van der Waals surface area contributed by atoms with E-state index in [0.29, 0.717) is 17.9 Å². The van der Waals surface area contributed by atoms with Gasteiger partial charge in [-0.3, -0.25) is 4.18 Å². The van der Waals surface area contributed by atoms with E-state index in [2.05, 4.69) is 19.9 Å². The molecule has 3 rings (SSSR count). The Morgan fingerprint density at radius 1 is 1.21 bits per heavy atom. The molecule has 5 heteroatoms. The second kappa shape index (κ2) is 6.22. The molecule has 0 fully saturated rings. The lowest BCUT2D eigenvalue weighted by Gasteiger charge is -2.17. The number of fused-ring (bicyclic) bond motifs is 1. The summed E-state index contributed by atoms with van der Waals surface area (Å²) in [6.07, 6.45) is 0.339. The summed E-state index contributed by atoms with van der Waals surface area (Å²) in [6.45, 7) is 6.19. The van der Waals surface area contributed by atoms with E-state index in [0.717, 1.165) is 22.4 Å². The fourth-order valence-electron chi connectivity index (χ4n) is 3.16. The van der Waals surface area contributed by atoms with Gasteiger partial charge in [0.2, 0.25) is 0 Å². The van der Waals surface area contributed by atoms with Gasteiger partial charge in [0.1, 0.15) is 16.7 Å². The molecule has 0 saturated carbocycles. The van der Waals surface area contributed by atoms with Crippen molar-refractivity contribution in [2.75, 3.05) is 7.11 Å². The lowest BCUT2D eigenvalue weighted by atomic mass is 9.97. The van der Waals surface area contributed by atoms with E-state index < -0.39 is 10.1 Å². The SMILES string of the molecule is COS(=O)(=O)c1ccc(C)cc1C1Cc2cccc(C(C)C)c2O1. The molecular weight excluding hydrogens is 324 g/mol. The molecule has 1 heterocycles. The highest BCUT2D eigenvalue weighted by Gasteiger charge is 2.31. The minimum absolute atomic E-state index is 0.180. The van der Waals surface area contributed by atoms with Crippen molar-refractivity contribution < 1.29 is 17.3 Å². The van der Waals surface area contributed by atoms with Crippen molar-refractivity contribution >= 4 is 10.1 Å². The van der Waals surface area contributed by atoms with E-state index in [1.54, 1.807) is 12.1 Å². The zero-order valence-electron chi connectivity index (χ0n) is 14.4. The molecule has 2 aromatic carbocycles. The highest BCUT2D eigenvalue weighted by Crippen LogP contribution is 2.43. The minimum Gasteiger partial charge on any atom is -0.485 e. The Morgan fingerprint density at radius 3 is 2.62 bits per heavy atom. The molecule has 0 spiro atoms. The third-order valence-corrected chi connectivity index (χ3v) is 5.76. The Labute approximate surface area is 143 Å². The average Bonchev–Trinajstić information content (AvgIpc) is 2.98. The summed E-state index contributed by atoms with van der Waals surface area (Å²) in [5, 5.41) is 0. The van der Waals surface area contributed by atoms with Gasteiger partial charge < -0.3 is 4.74 Å². The number of ether oxygens (including phenoxy) is 1. The van der Waals surface area contributed by atoms with Gasteiger partial charge in [-0.2, -0.15) is 8.42 Å². The van der Waals surface area contributed by atoms with E-state index in [1.165, 1.54) is 7.11 Å². The Balaban J connectivity index is 2.07. The highest BCUT2D eigenvalue weighted by molar-refractivity contribution is 7.86.